The zero-order chi connectivity index (χ0) is 17.9. The van der Waals surface area contributed by atoms with E-state index in [1.807, 2.05) is 0 Å². The number of carbonyl (C=O) groups is 2. The molecule has 4 nitrogen and oxygen atoms in total. The number of aromatic nitrogens is 1. The minimum atomic E-state index is -4.70. The third kappa shape index (κ3) is 3.70. The molecular formula is C15H9ClF3NO3S. The van der Waals surface area contributed by atoms with Crippen molar-refractivity contribution in [1.82, 2.24) is 4.98 Å². The van der Waals surface area contributed by atoms with E-state index in [1.165, 1.54) is 18.3 Å². The first-order chi connectivity index (χ1) is 11.3. The highest BCUT2D eigenvalue weighted by Crippen LogP contribution is 2.43. The van der Waals surface area contributed by atoms with Crippen molar-refractivity contribution in [2.24, 2.45) is 0 Å². The number of hydrogen-bond donors (Lipinski definition) is 0. The molecule has 2 rings (SSSR count). The topological polar surface area (TPSA) is 56.3 Å². The predicted octanol–water partition coefficient (Wildman–Crippen LogP) is 4.50. The SMILES string of the molecule is COC(=O)c1cccnc1Sc1c(C(F)(F)F)ccc(Cl)c1C=O. The minimum Gasteiger partial charge on any atom is -0.465 e. The number of alkyl halides is 3. The number of pyridine rings is 1. The van der Waals surface area contributed by atoms with E-state index in [9.17, 15) is 22.8 Å². The number of hydrogen-bond acceptors (Lipinski definition) is 5. The fourth-order valence-electron chi connectivity index (χ4n) is 1.85. The van der Waals surface area contributed by atoms with Crippen LogP contribution < -0.4 is 0 Å². The van der Waals surface area contributed by atoms with Crippen molar-refractivity contribution in [3.63, 3.8) is 0 Å². The predicted molar refractivity (Wildman–Crippen MR) is 81.5 cm³/mol. The molecule has 1 heterocycles. The van der Waals surface area contributed by atoms with Crippen LogP contribution in [0.15, 0.2) is 40.4 Å². The molecule has 0 aliphatic heterocycles. The van der Waals surface area contributed by atoms with Crippen molar-refractivity contribution in [1.29, 1.82) is 0 Å². The molecule has 0 unspecified atom stereocenters. The molecule has 0 amide bonds. The van der Waals surface area contributed by atoms with Crippen LogP contribution in [0.5, 0.6) is 0 Å². The molecule has 0 aliphatic carbocycles. The summed E-state index contributed by atoms with van der Waals surface area (Å²) in [6.45, 7) is 0. The number of esters is 1. The zero-order valence-corrected chi connectivity index (χ0v) is 13.6. The number of ether oxygens (including phenoxy) is 1. The summed E-state index contributed by atoms with van der Waals surface area (Å²) in [6.07, 6.45) is -3.15. The first-order valence-corrected chi connectivity index (χ1v) is 7.55. The smallest absolute Gasteiger partial charge is 0.417 e. The van der Waals surface area contributed by atoms with Crippen molar-refractivity contribution in [2.75, 3.05) is 7.11 Å². The Kier molecular flexibility index (Phi) is 5.51. The average molecular weight is 376 g/mol. The number of halogens is 4. The van der Waals surface area contributed by atoms with Crippen molar-refractivity contribution in [2.45, 2.75) is 16.1 Å². The van der Waals surface area contributed by atoms with Crippen LogP contribution in [0.25, 0.3) is 0 Å². The van der Waals surface area contributed by atoms with Gasteiger partial charge in [-0.1, -0.05) is 23.4 Å². The van der Waals surface area contributed by atoms with Crippen LogP contribution in [0, 0.1) is 0 Å². The molecule has 0 N–H and O–H groups in total. The summed E-state index contributed by atoms with van der Waals surface area (Å²) in [5.41, 5.74) is -1.38. The quantitative estimate of drug-likeness (QED) is 0.581. The molecule has 0 aliphatic rings. The van der Waals surface area contributed by atoms with E-state index in [4.69, 9.17) is 11.6 Å². The van der Waals surface area contributed by atoms with Gasteiger partial charge in [0.25, 0.3) is 0 Å². The Balaban J connectivity index is 2.64. The highest BCUT2D eigenvalue weighted by Gasteiger charge is 2.36. The van der Waals surface area contributed by atoms with Crippen molar-refractivity contribution in [3.8, 4) is 0 Å². The minimum absolute atomic E-state index is 0.0186. The van der Waals surface area contributed by atoms with Gasteiger partial charge in [-0.3, -0.25) is 4.79 Å². The largest absolute Gasteiger partial charge is 0.465 e. The molecule has 0 spiro atoms. The lowest BCUT2D eigenvalue weighted by Crippen LogP contribution is -2.10. The molecule has 1 aromatic heterocycles. The Morgan fingerprint density at radius 2 is 2.04 bits per heavy atom. The average Bonchev–Trinajstić information content (AvgIpc) is 2.54. The third-order valence-corrected chi connectivity index (χ3v) is 4.43. The number of carbonyl (C=O) groups excluding carboxylic acids is 2. The Morgan fingerprint density at radius 1 is 1.33 bits per heavy atom. The van der Waals surface area contributed by atoms with Gasteiger partial charge < -0.3 is 4.74 Å². The molecule has 0 bridgehead atoms. The van der Waals surface area contributed by atoms with E-state index >= 15 is 0 Å². The summed E-state index contributed by atoms with van der Waals surface area (Å²) >= 11 is 6.35. The Hall–Kier alpha value is -2.06. The first-order valence-electron chi connectivity index (χ1n) is 6.35. The summed E-state index contributed by atoms with van der Waals surface area (Å²) in [7, 11) is 1.14. The van der Waals surface area contributed by atoms with Gasteiger partial charge in [0.1, 0.15) is 5.03 Å². The summed E-state index contributed by atoms with van der Waals surface area (Å²) < 4.78 is 44.3. The normalized spacial score (nSPS) is 11.2. The molecular weight excluding hydrogens is 367 g/mol. The maximum atomic E-state index is 13.2. The van der Waals surface area contributed by atoms with E-state index in [0.717, 1.165) is 19.2 Å². The highest BCUT2D eigenvalue weighted by molar-refractivity contribution is 7.99. The van der Waals surface area contributed by atoms with E-state index in [2.05, 4.69) is 9.72 Å². The molecule has 2 aromatic rings. The van der Waals surface area contributed by atoms with Gasteiger partial charge in [0.05, 0.1) is 23.3 Å². The standard InChI is InChI=1S/C15H9ClF3NO3S/c1-23-14(22)8-3-2-6-20-13(8)24-12-9(7-21)11(16)5-4-10(12)15(17,18)19/h2-7H,1H3. The number of nitrogens with zero attached hydrogens (tertiary/aromatic N) is 1. The summed E-state index contributed by atoms with van der Waals surface area (Å²) in [6, 6.07) is 4.58. The van der Waals surface area contributed by atoms with Gasteiger partial charge in [0, 0.05) is 16.7 Å². The van der Waals surface area contributed by atoms with Gasteiger partial charge in [0.15, 0.2) is 6.29 Å². The fraction of sp³-hybridized carbons (Fsp3) is 0.133. The van der Waals surface area contributed by atoms with Gasteiger partial charge in [-0.2, -0.15) is 13.2 Å². The van der Waals surface area contributed by atoms with Crippen LogP contribution in [-0.4, -0.2) is 24.3 Å². The van der Waals surface area contributed by atoms with Crippen molar-refractivity contribution < 1.29 is 27.5 Å². The zero-order valence-electron chi connectivity index (χ0n) is 12.1. The Bertz CT molecular complexity index is 796. The van der Waals surface area contributed by atoms with Gasteiger partial charge in [-0.15, -0.1) is 0 Å². The molecule has 24 heavy (non-hydrogen) atoms. The molecule has 0 saturated carbocycles. The van der Waals surface area contributed by atoms with Gasteiger partial charge in [-0.05, 0) is 24.3 Å². The van der Waals surface area contributed by atoms with E-state index < -0.39 is 22.6 Å². The van der Waals surface area contributed by atoms with Gasteiger partial charge in [0.2, 0.25) is 0 Å². The summed E-state index contributed by atoms with van der Waals surface area (Å²) in [4.78, 5) is 26.4. The van der Waals surface area contributed by atoms with Crippen molar-refractivity contribution in [3.05, 3.63) is 52.2 Å². The molecule has 9 heteroatoms. The number of benzene rings is 1. The lowest BCUT2D eigenvalue weighted by atomic mass is 10.1. The maximum absolute atomic E-state index is 13.2. The third-order valence-electron chi connectivity index (χ3n) is 2.94. The molecule has 0 fully saturated rings. The van der Waals surface area contributed by atoms with Crippen LogP contribution in [-0.2, 0) is 10.9 Å². The first kappa shape index (κ1) is 18.3. The summed E-state index contributed by atoms with van der Waals surface area (Å²) in [5, 5.41) is -0.156. The lowest BCUT2D eigenvalue weighted by Gasteiger charge is -2.15. The van der Waals surface area contributed by atoms with E-state index in [0.29, 0.717) is 11.8 Å². The molecule has 0 atom stereocenters. The Morgan fingerprint density at radius 3 is 2.62 bits per heavy atom. The summed E-state index contributed by atoms with van der Waals surface area (Å²) in [5.74, 6) is -0.756. The van der Waals surface area contributed by atoms with Gasteiger partial charge in [-0.25, -0.2) is 9.78 Å². The second kappa shape index (κ2) is 7.23. The second-order valence-corrected chi connectivity index (χ2v) is 5.81. The van der Waals surface area contributed by atoms with Crippen LogP contribution in [0.2, 0.25) is 5.02 Å². The second-order valence-electron chi connectivity index (χ2n) is 4.40. The highest BCUT2D eigenvalue weighted by atomic mass is 35.5. The van der Waals surface area contributed by atoms with E-state index in [1.54, 1.807) is 0 Å². The number of rotatable bonds is 4. The number of aldehydes is 1. The van der Waals surface area contributed by atoms with Crippen LogP contribution in [0.3, 0.4) is 0 Å². The maximum Gasteiger partial charge on any atom is 0.417 e. The van der Waals surface area contributed by atoms with Crippen molar-refractivity contribution >= 4 is 35.6 Å². The van der Waals surface area contributed by atoms with Crippen LogP contribution in [0.1, 0.15) is 26.3 Å². The molecule has 1 aromatic carbocycles. The molecule has 0 radical (unpaired) electrons. The Labute approximate surface area is 144 Å². The monoisotopic (exact) mass is 375 g/mol. The lowest BCUT2D eigenvalue weighted by molar-refractivity contribution is -0.139. The molecule has 126 valence electrons. The van der Waals surface area contributed by atoms with E-state index in [-0.39, 0.29) is 27.5 Å². The van der Waals surface area contributed by atoms with Crippen LogP contribution in [0.4, 0.5) is 13.2 Å². The fourth-order valence-corrected chi connectivity index (χ4v) is 3.24. The van der Waals surface area contributed by atoms with Gasteiger partial charge >= 0.3 is 12.1 Å². The number of methoxy groups -OCH3 is 1. The molecule has 0 saturated heterocycles. The van der Waals surface area contributed by atoms with Crippen LogP contribution >= 0.6 is 23.4 Å².